The number of esters is 1. The van der Waals surface area contributed by atoms with Gasteiger partial charge < -0.3 is 37.1 Å². The standard InChI is InChI=1S/C20H26O3.C9H12N2O2.C4H5N3O2/c1-12(21)23-14-4-6-15-13(11-14)3-5-17-16(15)9-10-20(2)18(17)7-8-19(20)22;10-7-3-1-6(2-4-7)5-8(11)9(12)13;5-2-1-6-4(9)7-3(2)8/h4,6,11,16-19,22H,3,5,7-10H2,1-2H3;1-4,8H,5,10-11H2,(H,12,13);1H,5H2,(H2,6,7,8,9)/t16-,17-,18+,19+,20+;8-;/m01./s1. The zero-order valence-corrected chi connectivity index (χ0v) is 25.6. The Morgan fingerprint density at radius 3 is 2.40 bits per heavy atom. The number of benzene rings is 2. The van der Waals surface area contributed by atoms with Crippen molar-refractivity contribution in [3.05, 3.63) is 86.2 Å². The smallest absolute Gasteiger partial charge is 0.325 e. The average molecular weight is 622 g/mol. The van der Waals surface area contributed by atoms with Crippen LogP contribution >= 0.6 is 0 Å². The van der Waals surface area contributed by atoms with Gasteiger partial charge in [0.25, 0.3) is 5.56 Å². The largest absolute Gasteiger partial charge is 0.480 e. The van der Waals surface area contributed by atoms with Gasteiger partial charge in [0, 0.05) is 18.8 Å². The molecular formula is C33H43N5O7. The summed E-state index contributed by atoms with van der Waals surface area (Å²) in [5, 5.41) is 19.0. The van der Waals surface area contributed by atoms with Crippen molar-refractivity contribution in [2.24, 2.45) is 23.0 Å². The summed E-state index contributed by atoms with van der Waals surface area (Å²) in [5.41, 5.74) is 19.3. The molecule has 0 aliphatic heterocycles. The molecule has 3 aliphatic carbocycles. The van der Waals surface area contributed by atoms with E-state index in [1.165, 1.54) is 37.3 Å². The SMILES string of the molecule is CC(=O)Oc1ccc2c(c1)CC[C@@H]1[C@H]3CC[C@@H](O)[C@]3(C)CC[C@@H]21.Nc1c[nH]c(=O)[nH]c1=O.Nc1ccc(C[C@@H](N)C(=O)O)cc1. The van der Waals surface area contributed by atoms with Gasteiger partial charge in [-0.2, -0.15) is 0 Å². The number of aliphatic carboxylic acids is 1. The summed E-state index contributed by atoms with van der Waals surface area (Å²) in [6.45, 7) is 3.76. The molecule has 6 atom stereocenters. The van der Waals surface area contributed by atoms with Crippen LogP contribution in [0.1, 0.15) is 68.6 Å². The van der Waals surface area contributed by atoms with Gasteiger partial charge in [0.15, 0.2) is 0 Å². The number of anilines is 2. The minimum Gasteiger partial charge on any atom is -0.480 e. The highest BCUT2D eigenvalue weighted by atomic mass is 16.5. The zero-order chi connectivity index (χ0) is 32.9. The summed E-state index contributed by atoms with van der Waals surface area (Å²) >= 11 is 0. The van der Waals surface area contributed by atoms with Gasteiger partial charge >= 0.3 is 17.6 Å². The first-order valence-electron chi connectivity index (χ1n) is 15.2. The summed E-state index contributed by atoms with van der Waals surface area (Å²) in [7, 11) is 0. The minimum atomic E-state index is -0.989. The van der Waals surface area contributed by atoms with E-state index in [0.29, 0.717) is 35.6 Å². The van der Waals surface area contributed by atoms with E-state index in [2.05, 4.69) is 24.0 Å². The fourth-order valence-corrected chi connectivity index (χ4v) is 7.18. The number of ether oxygens (including phenoxy) is 1. The van der Waals surface area contributed by atoms with Gasteiger partial charge in [-0.1, -0.05) is 25.1 Å². The number of fused-ring (bicyclic) bond motifs is 5. The van der Waals surface area contributed by atoms with Gasteiger partial charge in [-0.25, -0.2) is 4.79 Å². The predicted molar refractivity (Wildman–Crippen MR) is 171 cm³/mol. The number of nitrogens with one attached hydrogen (secondary N) is 2. The molecular weight excluding hydrogens is 578 g/mol. The molecule has 12 nitrogen and oxygen atoms in total. The monoisotopic (exact) mass is 621 g/mol. The lowest BCUT2D eigenvalue weighted by molar-refractivity contribution is -0.138. The van der Waals surface area contributed by atoms with Crippen LogP contribution < -0.4 is 33.2 Å². The Bertz CT molecular complexity index is 1620. The zero-order valence-electron chi connectivity index (χ0n) is 25.6. The Labute approximate surface area is 261 Å². The molecule has 0 radical (unpaired) electrons. The number of carbonyl (C=O) groups is 2. The van der Waals surface area contributed by atoms with E-state index in [0.717, 1.165) is 31.0 Å². The van der Waals surface area contributed by atoms with Gasteiger partial charge in [-0.15, -0.1) is 0 Å². The number of carbonyl (C=O) groups excluding carboxylic acids is 1. The van der Waals surface area contributed by atoms with Crippen LogP contribution in [0.15, 0.2) is 58.3 Å². The Hall–Kier alpha value is -4.42. The third-order valence-corrected chi connectivity index (χ3v) is 9.51. The number of hydrogen-bond acceptors (Lipinski definition) is 9. The van der Waals surface area contributed by atoms with E-state index in [1.807, 2.05) is 11.1 Å². The van der Waals surface area contributed by atoms with Crippen molar-refractivity contribution in [3.63, 3.8) is 0 Å². The van der Waals surface area contributed by atoms with Crippen molar-refractivity contribution in [3.8, 4) is 5.75 Å². The number of nitrogen functional groups attached to an aromatic ring is 2. The molecule has 6 rings (SSSR count). The fourth-order valence-electron chi connectivity index (χ4n) is 7.18. The van der Waals surface area contributed by atoms with E-state index in [4.69, 9.17) is 27.0 Å². The van der Waals surface area contributed by atoms with Crippen LogP contribution in [-0.4, -0.2) is 44.3 Å². The third kappa shape index (κ3) is 8.00. The number of rotatable bonds is 4. The van der Waals surface area contributed by atoms with E-state index in [-0.39, 0.29) is 23.2 Å². The number of aromatic nitrogens is 2. The van der Waals surface area contributed by atoms with Gasteiger partial charge in [0.1, 0.15) is 17.5 Å². The number of hydrogen-bond donors (Lipinski definition) is 7. The number of aromatic amines is 2. The van der Waals surface area contributed by atoms with Crippen LogP contribution in [0, 0.1) is 17.3 Å². The normalized spacial score (nSPS) is 25.1. The van der Waals surface area contributed by atoms with Crippen molar-refractivity contribution < 1.29 is 24.5 Å². The lowest BCUT2D eigenvalue weighted by atomic mass is 9.55. The maximum absolute atomic E-state index is 11.2. The Morgan fingerprint density at radius 1 is 1.07 bits per heavy atom. The molecule has 1 aromatic heterocycles. The quantitative estimate of drug-likeness (QED) is 0.128. The van der Waals surface area contributed by atoms with Crippen LogP contribution in [0.5, 0.6) is 5.75 Å². The summed E-state index contributed by atoms with van der Waals surface area (Å²) in [5.74, 6) is 1.42. The first-order valence-corrected chi connectivity index (χ1v) is 15.2. The Kier molecular flexibility index (Phi) is 10.5. The summed E-state index contributed by atoms with van der Waals surface area (Å²) < 4.78 is 5.24. The Balaban J connectivity index is 0.000000176. The van der Waals surface area contributed by atoms with Crippen molar-refractivity contribution >= 4 is 23.3 Å². The molecule has 0 amide bonds. The van der Waals surface area contributed by atoms with Crippen molar-refractivity contribution in [1.29, 1.82) is 0 Å². The number of nitrogens with two attached hydrogens (primary N) is 3. The second kappa shape index (κ2) is 14.1. The van der Waals surface area contributed by atoms with Crippen LogP contribution in [0.25, 0.3) is 0 Å². The number of H-pyrrole nitrogens is 2. The van der Waals surface area contributed by atoms with E-state index < -0.39 is 23.3 Å². The number of carboxylic acids is 1. The van der Waals surface area contributed by atoms with E-state index in [9.17, 15) is 24.3 Å². The number of carboxylic acid groups (broad SMARTS) is 1. The van der Waals surface area contributed by atoms with Crippen molar-refractivity contribution in [2.75, 3.05) is 11.5 Å². The molecule has 0 bridgehead atoms. The van der Waals surface area contributed by atoms with Crippen LogP contribution in [-0.2, 0) is 22.4 Å². The molecule has 2 aromatic carbocycles. The summed E-state index contributed by atoms with van der Waals surface area (Å²) in [6.07, 6.45) is 8.10. The number of aliphatic hydroxyl groups is 1. The highest BCUT2D eigenvalue weighted by Crippen LogP contribution is 2.60. The highest BCUT2D eigenvalue weighted by molar-refractivity contribution is 5.73. The molecule has 0 unspecified atom stereocenters. The first kappa shape index (κ1) is 33.5. The van der Waals surface area contributed by atoms with Gasteiger partial charge in [-0.3, -0.25) is 19.4 Å². The number of aliphatic hydroxyl groups excluding tert-OH is 1. The van der Waals surface area contributed by atoms with E-state index >= 15 is 0 Å². The van der Waals surface area contributed by atoms with Gasteiger partial charge in [0.2, 0.25) is 0 Å². The molecule has 0 spiro atoms. The fraction of sp³-hybridized carbons (Fsp3) is 0.455. The molecule has 1 heterocycles. The lowest BCUT2D eigenvalue weighted by Crippen LogP contribution is -2.43. The van der Waals surface area contributed by atoms with Crippen LogP contribution in [0.2, 0.25) is 0 Å². The molecule has 45 heavy (non-hydrogen) atoms. The molecule has 0 saturated heterocycles. The van der Waals surface area contributed by atoms with Crippen molar-refractivity contribution in [2.45, 2.75) is 76.9 Å². The molecule has 242 valence electrons. The molecule has 3 aromatic rings. The maximum atomic E-state index is 11.2. The highest BCUT2D eigenvalue weighted by Gasteiger charge is 2.54. The second-order valence-corrected chi connectivity index (χ2v) is 12.4. The molecule has 2 fully saturated rings. The van der Waals surface area contributed by atoms with Crippen molar-refractivity contribution in [1.82, 2.24) is 9.97 Å². The molecule has 12 heteroatoms. The lowest BCUT2D eigenvalue weighted by Gasteiger charge is -2.50. The Morgan fingerprint density at radius 2 is 1.78 bits per heavy atom. The minimum absolute atomic E-state index is 0.00889. The third-order valence-electron chi connectivity index (χ3n) is 9.51. The number of aryl methyl sites for hydroxylation is 1. The van der Waals surface area contributed by atoms with Gasteiger partial charge in [-0.05, 0) is 109 Å². The van der Waals surface area contributed by atoms with Crippen LogP contribution in [0.4, 0.5) is 11.4 Å². The molecule has 10 N–H and O–H groups in total. The summed E-state index contributed by atoms with van der Waals surface area (Å²) in [4.78, 5) is 46.4. The maximum Gasteiger partial charge on any atom is 0.325 e. The first-order chi connectivity index (χ1) is 21.3. The van der Waals surface area contributed by atoms with Gasteiger partial charge in [0.05, 0.1) is 6.10 Å². The predicted octanol–water partition coefficient (Wildman–Crippen LogP) is 2.70. The van der Waals surface area contributed by atoms with E-state index in [1.54, 1.807) is 24.3 Å². The summed E-state index contributed by atoms with van der Waals surface area (Å²) in [6, 6.07) is 12.3. The van der Waals surface area contributed by atoms with Crippen LogP contribution in [0.3, 0.4) is 0 Å². The molecule has 3 aliphatic rings. The molecule has 2 saturated carbocycles. The topological polar surface area (TPSA) is 228 Å². The average Bonchev–Trinajstić information content (AvgIpc) is 3.30. The second-order valence-electron chi connectivity index (χ2n) is 12.4.